The first-order valence-electron chi connectivity index (χ1n) is 11.4. The number of carboxylic acid groups (broad SMARTS) is 1. The molecule has 0 aliphatic rings. The third-order valence-electron chi connectivity index (χ3n) is 4.93. The third kappa shape index (κ3) is 13.9. The van der Waals surface area contributed by atoms with Gasteiger partial charge in [0.1, 0.15) is 0 Å². The Morgan fingerprint density at radius 3 is 2.26 bits per heavy atom. The van der Waals surface area contributed by atoms with E-state index in [1.54, 1.807) is 0 Å². The Kier molecular flexibility index (Phi) is 16.3. The number of allylic oxidation sites excluding steroid dienone is 1. The largest absolute Gasteiger partial charge is 0.478 e. The quantitative estimate of drug-likeness (QED) is 0.211. The van der Waals surface area contributed by atoms with E-state index in [4.69, 9.17) is 9.84 Å². The number of rotatable bonds is 13. The van der Waals surface area contributed by atoms with Gasteiger partial charge in [-0.3, -0.25) is 0 Å². The van der Waals surface area contributed by atoms with Gasteiger partial charge < -0.3 is 14.6 Å². The Hall–Kier alpha value is -3.41. The van der Waals surface area contributed by atoms with Crippen LogP contribution in [-0.4, -0.2) is 36.7 Å². The maximum absolute atomic E-state index is 11.6. The first-order valence-corrected chi connectivity index (χ1v) is 11.4. The van der Waals surface area contributed by atoms with Gasteiger partial charge in [-0.1, -0.05) is 88.8 Å². The van der Waals surface area contributed by atoms with Crippen LogP contribution < -0.4 is 0 Å². The van der Waals surface area contributed by atoms with Crippen molar-refractivity contribution >= 4 is 24.0 Å². The van der Waals surface area contributed by atoms with Crippen molar-refractivity contribution in [2.24, 2.45) is 5.92 Å². The van der Waals surface area contributed by atoms with Gasteiger partial charge in [-0.2, -0.15) is 0 Å². The highest BCUT2D eigenvalue weighted by Gasteiger charge is 2.12. The molecule has 0 fully saturated rings. The maximum Gasteiger partial charge on any atom is 0.337 e. The number of carboxylic acids is 1. The Morgan fingerprint density at radius 2 is 1.74 bits per heavy atom. The molecule has 1 aromatic carbocycles. The van der Waals surface area contributed by atoms with E-state index in [1.165, 1.54) is 20.1 Å². The normalized spacial score (nSPS) is 11.7. The van der Waals surface area contributed by atoms with Crippen molar-refractivity contribution in [3.8, 4) is 0 Å². The number of methoxy groups -OCH3 is 1. The van der Waals surface area contributed by atoms with Gasteiger partial charge in [0.15, 0.2) is 0 Å². The van der Waals surface area contributed by atoms with Gasteiger partial charge in [-0.25, -0.2) is 14.4 Å². The van der Waals surface area contributed by atoms with E-state index in [0.717, 1.165) is 31.2 Å². The van der Waals surface area contributed by atoms with Crippen LogP contribution in [0, 0.1) is 5.92 Å². The monoisotopic (exact) mass is 470 g/mol. The van der Waals surface area contributed by atoms with Crippen LogP contribution in [-0.2, 0) is 23.9 Å². The maximum atomic E-state index is 11.6. The fraction of sp³-hybridized carbons (Fsp3) is 0.393. The highest BCUT2D eigenvalue weighted by atomic mass is 16.5. The topological polar surface area (TPSA) is 89.9 Å². The van der Waals surface area contributed by atoms with E-state index in [9.17, 15) is 14.4 Å². The van der Waals surface area contributed by atoms with E-state index in [2.05, 4.69) is 31.7 Å². The summed E-state index contributed by atoms with van der Waals surface area (Å²) in [5, 5.41) is 8.70. The molecule has 0 bridgehead atoms. The molecule has 0 saturated heterocycles. The zero-order chi connectivity index (χ0) is 25.9. The number of ether oxygens (including phenoxy) is 2. The summed E-state index contributed by atoms with van der Waals surface area (Å²) in [5.74, 6) is -1.60. The zero-order valence-corrected chi connectivity index (χ0v) is 20.8. The average Bonchev–Trinajstić information content (AvgIpc) is 2.84. The van der Waals surface area contributed by atoms with E-state index >= 15 is 0 Å². The molecule has 0 aliphatic carbocycles. The summed E-state index contributed by atoms with van der Waals surface area (Å²) in [6.45, 7) is 13.1. The van der Waals surface area contributed by atoms with Gasteiger partial charge in [-0.15, -0.1) is 0 Å². The first kappa shape index (κ1) is 30.6. The third-order valence-corrected chi connectivity index (χ3v) is 4.93. The van der Waals surface area contributed by atoms with Gasteiger partial charge in [0.2, 0.25) is 0 Å². The van der Waals surface area contributed by atoms with Crippen LogP contribution in [0.25, 0.3) is 6.08 Å². The van der Waals surface area contributed by atoms with Crippen molar-refractivity contribution in [1.29, 1.82) is 0 Å². The van der Waals surface area contributed by atoms with Crippen molar-refractivity contribution in [3.05, 3.63) is 77.9 Å². The lowest BCUT2D eigenvalue weighted by Crippen LogP contribution is -2.14. The number of carbonyl (C=O) groups excluding carboxylic acids is 2. The number of carbonyl (C=O) groups is 3. The lowest BCUT2D eigenvalue weighted by molar-refractivity contribution is -0.140. The highest BCUT2D eigenvalue weighted by Crippen LogP contribution is 2.14. The summed E-state index contributed by atoms with van der Waals surface area (Å²) in [4.78, 5) is 33.3. The zero-order valence-electron chi connectivity index (χ0n) is 20.8. The molecule has 0 spiro atoms. The van der Waals surface area contributed by atoms with Crippen molar-refractivity contribution < 1.29 is 29.0 Å². The fourth-order valence-corrected chi connectivity index (χ4v) is 2.70. The fourth-order valence-electron chi connectivity index (χ4n) is 2.70. The minimum absolute atomic E-state index is 0.0694. The van der Waals surface area contributed by atoms with Crippen molar-refractivity contribution in [1.82, 2.24) is 0 Å². The Labute approximate surface area is 203 Å². The van der Waals surface area contributed by atoms with Crippen LogP contribution >= 0.6 is 0 Å². The number of esters is 2. The number of hydrogen-bond donors (Lipinski definition) is 1. The van der Waals surface area contributed by atoms with Crippen LogP contribution in [0.4, 0.5) is 0 Å². The van der Waals surface area contributed by atoms with Crippen LogP contribution in [0.3, 0.4) is 0 Å². The summed E-state index contributed by atoms with van der Waals surface area (Å²) in [5.41, 5.74) is 1.71. The van der Waals surface area contributed by atoms with Crippen molar-refractivity contribution in [3.63, 3.8) is 0 Å². The van der Waals surface area contributed by atoms with Crippen LogP contribution in [0.2, 0.25) is 0 Å². The first-order chi connectivity index (χ1) is 16.2. The lowest BCUT2D eigenvalue weighted by atomic mass is 10.0. The molecule has 34 heavy (non-hydrogen) atoms. The highest BCUT2D eigenvalue weighted by molar-refractivity contribution is 5.95. The standard InChI is InChI=1S/C15H24O4.C13H14O2/c1-5-7-8-13(6-2)10-19-15(18)12(4)9-11(3)14(16)17;1-11(13(14)15-2)7-6-10-12-8-4-3-5-9-12/h9,13H,4-8,10H2,1-3H3,(H,16,17);3-6,8-10H,1,7H2,2H3. The van der Waals surface area contributed by atoms with E-state index in [-0.39, 0.29) is 17.1 Å². The summed E-state index contributed by atoms with van der Waals surface area (Å²) >= 11 is 0. The molecular weight excluding hydrogens is 432 g/mol. The van der Waals surface area contributed by atoms with E-state index in [0.29, 0.717) is 24.5 Å². The van der Waals surface area contributed by atoms with Gasteiger partial charge >= 0.3 is 17.9 Å². The van der Waals surface area contributed by atoms with Gasteiger partial charge in [0.05, 0.1) is 19.3 Å². The number of unbranched alkanes of at least 4 members (excludes halogenated alkanes) is 1. The molecule has 1 aromatic rings. The number of hydrogen-bond acceptors (Lipinski definition) is 5. The summed E-state index contributed by atoms with van der Waals surface area (Å²) in [7, 11) is 1.36. The Morgan fingerprint density at radius 1 is 1.09 bits per heavy atom. The van der Waals surface area contributed by atoms with E-state index < -0.39 is 11.9 Å². The molecule has 0 amide bonds. The molecule has 6 nitrogen and oxygen atoms in total. The molecule has 0 saturated carbocycles. The number of aliphatic carboxylic acids is 1. The van der Waals surface area contributed by atoms with Crippen molar-refractivity contribution in [2.45, 2.75) is 52.9 Å². The van der Waals surface area contributed by atoms with E-state index in [1.807, 2.05) is 42.5 Å². The molecule has 1 rings (SSSR count). The van der Waals surface area contributed by atoms with Crippen molar-refractivity contribution in [2.75, 3.05) is 13.7 Å². The van der Waals surface area contributed by atoms with Gasteiger partial charge in [0.25, 0.3) is 0 Å². The van der Waals surface area contributed by atoms with Crippen LogP contribution in [0.1, 0.15) is 58.4 Å². The minimum Gasteiger partial charge on any atom is -0.478 e. The Bertz CT molecular complexity index is 864. The van der Waals surface area contributed by atoms with Gasteiger partial charge in [0, 0.05) is 11.1 Å². The summed E-state index contributed by atoms with van der Waals surface area (Å²) in [6.07, 6.45) is 9.84. The second kappa shape index (κ2) is 18.1. The second-order valence-electron chi connectivity index (χ2n) is 7.79. The summed E-state index contributed by atoms with van der Waals surface area (Å²) < 4.78 is 9.70. The van der Waals surface area contributed by atoms with Crippen LogP contribution in [0.5, 0.6) is 0 Å². The molecule has 0 radical (unpaired) electrons. The molecule has 186 valence electrons. The molecule has 0 heterocycles. The minimum atomic E-state index is -1.07. The molecule has 1 atom stereocenters. The molecule has 0 aromatic heterocycles. The predicted molar refractivity (Wildman–Crippen MR) is 136 cm³/mol. The summed E-state index contributed by atoms with van der Waals surface area (Å²) in [6, 6.07) is 9.89. The van der Waals surface area contributed by atoms with Gasteiger partial charge in [-0.05, 0) is 37.3 Å². The molecular formula is C28H38O6. The lowest BCUT2D eigenvalue weighted by Gasteiger charge is -2.14. The SMILES string of the molecule is C=C(C=C(C)C(=O)O)C(=O)OCC(CC)CCCC.C=C(CC=Cc1ccccc1)C(=O)OC. The molecule has 0 aliphatic heterocycles. The predicted octanol–water partition coefficient (Wildman–Crippen LogP) is 6.15. The smallest absolute Gasteiger partial charge is 0.337 e. The number of benzene rings is 1. The second-order valence-corrected chi connectivity index (χ2v) is 7.79. The molecule has 1 N–H and O–H groups in total. The Balaban J connectivity index is 0.000000657. The van der Waals surface area contributed by atoms with Crippen LogP contribution in [0.15, 0.2) is 72.4 Å². The molecule has 6 heteroatoms. The average molecular weight is 471 g/mol. The molecule has 1 unspecified atom stereocenters.